The van der Waals surface area contributed by atoms with Gasteiger partial charge >= 0.3 is 41.2 Å². The van der Waals surface area contributed by atoms with Gasteiger partial charge < -0.3 is 39.1 Å². The molecule has 0 aliphatic rings. The van der Waals surface area contributed by atoms with Crippen molar-refractivity contribution >= 4 is 0 Å². The first-order chi connectivity index (χ1) is 32.2. The maximum absolute atomic E-state index is 6.71. The van der Waals surface area contributed by atoms with Crippen LogP contribution in [0.1, 0.15) is 11.1 Å². The van der Waals surface area contributed by atoms with E-state index >= 15 is 0 Å². The maximum Gasteiger partial charge on any atom is 3.00 e. The second-order valence-electron chi connectivity index (χ2n) is 14.8. The van der Waals surface area contributed by atoms with Gasteiger partial charge in [0.1, 0.15) is 13.2 Å². The number of ether oxygens (including phenoxy) is 3. The number of hydrogen-bond acceptors (Lipinski definition) is 8. The number of benzene rings is 6. The third-order valence-corrected chi connectivity index (χ3v) is 10.4. The summed E-state index contributed by atoms with van der Waals surface area (Å²) in [6.07, 6.45) is 8.70. The summed E-state index contributed by atoms with van der Waals surface area (Å²) >= 11 is 0. The average Bonchev–Trinajstić information content (AvgIpc) is 3.39. The molecule has 6 aromatic carbocycles. The molecule has 8 nitrogen and oxygen atoms in total. The Morgan fingerprint density at radius 3 is 1.54 bits per heavy atom. The summed E-state index contributed by atoms with van der Waals surface area (Å²) < 4.78 is 19.5. The molecule has 0 radical (unpaired) electrons. The minimum atomic E-state index is 0. The van der Waals surface area contributed by atoms with Crippen molar-refractivity contribution in [3.8, 4) is 90.4 Å². The van der Waals surface area contributed by atoms with E-state index in [9.17, 15) is 0 Å². The Morgan fingerprint density at radius 1 is 0.433 bits per heavy atom. The van der Waals surface area contributed by atoms with Crippen LogP contribution < -0.4 is 14.2 Å². The molecule has 0 aliphatic carbocycles. The van der Waals surface area contributed by atoms with Crippen LogP contribution in [0.3, 0.4) is 0 Å². The van der Waals surface area contributed by atoms with Gasteiger partial charge in [-0.2, -0.15) is 0 Å². The van der Waals surface area contributed by atoms with E-state index in [-0.39, 0.29) is 41.2 Å². The number of hydrogen-bond donors (Lipinski definition) is 0. The monoisotopic (exact) mass is 1230 g/mol. The number of rotatable bonds is 14. The Labute approximate surface area is 417 Å². The third kappa shape index (κ3) is 11.3. The Bertz CT molecular complexity index is 3060. The van der Waals surface area contributed by atoms with Crippen molar-refractivity contribution < 1.29 is 55.4 Å². The van der Waals surface area contributed by atoms with Crippen LogP contribution in [0, 0.1) is 30.3 Å². The molecule has 67 heavy (non-hydrogen) atoms. The maximum atomic E-state index is 6.71. The summed E-state index contributed by atoms with van der Waals surface area (Å²) in [4.78, 5) is 22.4. The fraction of sp³-hybridized carbons (Fsp3) is 0.0351. The Balaban J connectivity index is 0.00000304. The smallest absolute Gasteiger partial charge is 0.532 e. The predicted molar refractivity (Wildman–Crippen MR) is 250 cm³/mol. The van der Waals surface area contributed by atoms with Gasteiger partial charge in [0.25, 0.3) is 0 Å². The first-order valence-electron chi connectivity index (χ1n) is 20.9. The normalized spacial score (nSPS) is 10.6. The Hall–Kier alpha value is -7.41. The van der Waals surface area contributed by atoms with Gasteiger partial charge in [-0.3, -0.25) is 6.07 Å². The molecule has 0 aliphatic heterocycles. The average molecular weight is 1230 g/mol. The van der Waals surface area contributed by atoms with E-state index in [1.807, 2.05) is 127 Å². The molecule has 4 aromatic heterocycles. The molecule has 0 amide bonds. The molecular formula is C57H36IrN5O3Pt. The largest absolute Gasteiger partial charge is 3.00 e. The molecule has 10 rings (SSSR count). The molecule has 0 atom stereocenters. The van der Waals surface area contributed by atoms with Crippen molar-refractivity contribution in [3.05, 3.63) is 236 Å². The van der Waals surface area contributed by atoms with Crippen LogP contribution in [0.15, 0.2) is 195 Å². The molecule has 0 spiro atoms. The van der Waals surface area contributed by atoms with Gasteiger partial charge in [0.15, 0.2) is 0 Å². The summed E-state index contributed by atoms with van der Waals surface area (Å²) in [5.74, 6) is 2.83. The van der Waals surface area contributed by atoms with Crippen molar-refractivity contribution in [2.45, 2.75) is 13.2 Å². The summed E-state index contributed by atoms with van der Waals surface area (Å²) in [6, 6.07) is 69.9. The van der Waals surface area contributed by atoms with Gasteiger partial charge in [0.05, 0.1) is 0 Å². The molecule has 326 valence electrons. The zero-order chi connectivity index (χ0) is 43.6. The van der Waals surface area contributed by atoms with Crippen molar-refractivity contribution in [3.63, 3.8) is 0 Å². The molecule has 0 fully saturated rings. The second kappa shape index (κ2) is 22.2. The standard InChI is InChI=1S/C57H36N5O3.Ir.Pt/c1-2-14-51(52-27-22-45(57-61-31-10-32-62-57)37-56(52)65-49-12-9-11-44(36-49)55-17-5-8-30-60-55)50(13-1)46-34-40(38-63-47-23-18-42(19-24-47)53-15-3-6-28-58-53)33-41(35-46)39-64-48-25-20-43(21-26-48)54-16-4-7-29-59-54;;/h1-18,20,23-35H,38-39H2;;/q-5;+3;+2. The molecule has 0 N–H and O–H groups in total. The topological polar surface area (TPSA) is 92.1 Å². The van der Waals surface area contributed by atoms with Crippen molar-refractivity contribution in [1.82, 2.24) is 24.9 Å². The van der Waals surface area contributed by atoms with E-state index in [0.29, 0.717) is 47.6 Å². The SMILES string of the molecule is [Ir+3].[Pt+2].[c-]1cc(-c2ccccc2-c2cc(COc3c[c-]c(-c4ccccn4)cc3)cc(COc3c[c-]c(-c4ccccn4)cc3)c2)c(Oc2[c-]c(-c3ccccn3)ccc2)[c-]c1-c1ncccn1. The van der Waals surface area contributed by atoms with Crippen LogP contribution in [0.25, 0.3) is 67.4 Å². The van der Waals surface area contributed by atoms with Gasteiger partial charge in [-0.15, -0.1) is 89.0 Å². The van der Waals surface area contributed by atoms with Crippen molar-refractivity contribution in [1.29, 1.82) is 0 Å². The van der Waals surface area contributed by atoms with Crippen LogP contribution in [0.5, 0.6) is 23.0 Å². The minimum Gasteiger partial charge on any atom is -0.532 e. The first-order valence-corrected chi connectivity index (χ1v) is 20.9. The van der Waals surface area contributed by atoms with Gasteiger partial charge in [-0.1, -0.05) is 72.3 Å². The first kappa shape index (κ1) is 46.1. The molecule has 0 saturated carbocycles. The fourth-order valence-corrected chi connectivity index (χ4v) is 7.30. The van der Waals surface area contributed by atoms with Crippen LogP contribution in [0.4, 0.5) is 0 Å². The van der Waals surface area contributed by atoms with E-state index in [1.165, 1.54) is 0 Å². The van der Waals surface area contributed by atoms with Gasteiger partial charge in [0, 0.05) is 48.2 Å². The zero-order valence-corrected chi connectivity index (χ0v) is 40.2. The van der Waals surface area contributed by atoms with E-state index in [0.717, 1.165) is 67.2 Å². The van der Waals surface area contributed by atoms with Crippen LogP contribution in [0.2, 0.25) is 0 Å². The number of nitrogens with zero attached hydrogens (tertiary/aromatic N) is 5. The number of pyridine rings is 3. The van der Waals surface area contributed by atoms with E-state index in [2.05, 4.69) is 85.6 Å². The van der Waals surface area contributed by atoms with Gasteiger partial charge in [0.2, 0.25) is 0 Å². The quantitative estimate of drug-likeness (QED) is 0.0995. The van der Waals surface area contributed by atoms with E-state index < -0.39 is 0 Å². The Kier molecular flexibility index (Phi) is 15.3. The third-order valence-electron chi connectivity index (χ3n) is 10.4. The van der Waals surface area contributed by atoms with Crippen LogP contribution in [-0.2, 0) is 54.4 Å². The van der Waals surface area contributed by atoms with Crippen molar-refractivity contribution in [2.24, 2.45) is 0 Å². The fourth-order valence-electron chi connectivity index (χ4n) is 7.30. The van der Waals surface area contributed by atoms with Crippen LogP contribution in [-0.4, -0.2) is 24.9 Å². The van der Waals surface area contributed by atoms with E-state index in [4.69, 9.17) is 14.2 Å². The molecule has 0 unspecified atom stereocenters. The summed E-state index contributed by atoms with van der Waals surface area (Å²) in [5.41, 5.74) is 11.1. The molecular weight excluding hydrogens is 1190 g/mol. The predicted octanol–water partition coefficient (Wildman–Crippen LogP) is 12.6. The summed E-state index contributed by atoms with van der Waals surface area (Å²) in [7, 11) is 0. The minimum absolute atomic E-state index is 0. The molecule has 4 heterocycles. The van der Waals surface area contributed by atoms with Gasteiger partial charge in [-0.05, 0) is 93.4 Å². The van der Waals surface area contributed by atoms with Crippen molar-refractivity contribution in [2.75, 3.05) is 0 Å². The molecule has 0 bridgehead atoms. The summed E-state index contributed by atoms with van der Waals surface area (Å²) in [6.45, 7) is 0.604. The zero-order valence-electron chi connectivity index (χ0n) is 35.5. The molecule has 0 saturated heterocycles. The number of aromatic nitrogens is 5. The molecule has 10 aromatic rings. The van der Waals surface area contributed by atoms with E-state index in [1.54, 1.807) is 37.1 Å². The van der Waals surface area contributed by atoms with Gasteiger partial charge in [-0.25, -0.2) is 17.7 Å². The summed E-state index contributed by atoms with van der Waals surface area (Å²) in [5, 5.41) is 0. The Morgan fingerprint density at radius 2 is 0.985 bits per heavy atom. The molecule has 10 heteroatoms. The second-order valence-corrected chi connectivity index (χ2v) is 14.8. The van der Waals surface area contributed by atoms with Crippen LogP contribution >= 0.6 is 0 Å².